The van der Waals surface area contributed by atoms with Crippen molar-refractivity contribution < 1.29 is 4.79 Å². The zero-order valence-electron chi connectivity index (χ0n) is 20.4. The summed E-state index contributed by atoms with van der Waals surface area (Å²) >= 11 is 1.75. The molecule has 0 radical (unpaired) electrons. The molecule has 5 rings (SSSR count). The Morgan fingerprint density at radius 3 is 2.69 bits per heavy atom. The largest absolute Gasteiger partial charge is 0.338 e. The van der Waals surface area contributed by atoms with Crippen molar-refractivity contribution in [3.05, 3.63) is 76.6 Å². The van der Waals surface area contributed by atoms with Gasteiger partial charge in [-0.25, -0.2) is 14.3 Å². The lowest BCUT2D eigenvalue weighted by molar-refractivity contribution is 0.0989. The van der Waals surface area contributed by atoms with Gasteiger partial charge in [0.25, 0.3) is 5.91 Å². The first-order chi connectivity index (χ1) is 17.5. The number of piperazine rings is 1. The monoisotopic (exact) mass is 499 g/mol. The molecule has 0 aliphatic carbocycles. The summed E-state index contributed by atoms with van der Waals surface area (Å²) in [5.41, 5.74) is 10.9. The van der Waals surface area contributed by atoms with Crippen molar-refractivity contribution in [2.75, 3.05) is 49.1 Å². The number of rotatable bonds is 6. The number of nitrogens with two attached hydrogens (primary N) is 1. The molecule has 2 aromatic carbocycles. The number of anilines is 2. The fourth-order valence-corrected chi connectivity index (χ4v) is 5.68. The first kappa shape index (κ1) is 24.3. The number of carbonyl (C=O) groups is 1. The third kappa shape index (κ3) is 5.21. The van der Waals surface area contributed by atoms with Crippen molar-refractivity contribution in [1.29, 1.82) is 5.26 Å². The molecule has 0 bridgehead atoms. The van der Waals surface area contributed by atoms with Gasteiger partial charge in [-0.2, -0.15) is 5.26 Å². The van der Waals surface area contributed by atoms with E-state index in [0.717, 1.165) is 56.0 Å². The standard InChI is InChI=1S/C27H29N7OS/c1-19-15-23(18-29)31-27(30-19)32-11-13-33(14-12-32)36-24-5-6-25-21(17-24)8-10-34(25)26(35)22-4-2-3-20(16-22)7-9-28/h2-6,15-17H,7-14,28H2,1H3. The molecule has 3 aromatic rings. The number of carbonyl (C=O) groups excluding carboxylic acids is 1. The Hall–Kier alpha value is -3.45. The summed E-state index contributed by atoms with van der Waals surface area (Å²) in [5, 5.41) is 9.20. The maximum Gasteiger partial charge on any atom is 0.258 e. The molecular weight excluding hydrogens is 470 g/mol. The third-order valence-electron chi connectivity index (χ3n) is 6.51. The van der Waals surface area contributed by atoms with Crippen molar-refractivity contribution in [3.63, 3.8) is 0 Å². The molecule has 0 unspecified atom stereocenters. The van der Waals surface area contributed by atoms with Crippen LogP contribution < -0.4 is 15.5 Å². The molecule has 2 aliphatic rings. The Balaban J connectivity index is 1.22. The van der Waals surface area contributed by atoms with E-state index in [0.29, 0.717) is 30.3 Å². The van der Waals surface area contributed by atoms with Gasteiger partial charge in [-0.1, -0.05) is 12.1 Å². The highest BCUT2D eigenvalue weighted by Crippen LogP contribution is 2.34. The molecule has 1 aromatic heterocycles. The lowest BCUT2D eigenvalue weighted by atomic mass is 10.1. The van der Waals surface area contributed by atoms with Gasteiger partial charge in [0.2, 0.25) is 5.95 Å². The minimum Gasteiger partial charge on any atom is -0.338 e. The van der Waals surface area contributed by atoms with E-state index in [-0.39, 0.29) is 5.91 Å². The smallest absolute Gasteiger partial charge is 0.258 e. The minimum atomic E-state index is 0.0436. The van der Waals surface area contributed by atoms with Gasteiger partial charge < -0.3 is 15.5 Å². The van der Waals surface area contributed by atoms with E-state index >= 15 is 0 Å². The highest BCUT2D eigenvalue weighted by molar-refractivity contribution is 7.97. The summed E-state index contributed by atoms with van der Waals surface area (Å²) in [6.45, 7) is 6.50. The van der Waals surface area contributed by atoms with Crippen LogP contribution in [0.25, 0.3) is 0 Å². The van der Waals surface area contributed by atoms with Crippen LogP contribution >= 0.6 is 11.9 Å². The Kier molecular flexibility index (Phi) is 7.18. The predicted octanol–water partition coefficient (Wildman–Crippen LogP) is 3.19. The van der Waals surface area contributed by atoms with Crippen LogP contribution in [0.15, 0.2) is 53.4 Å². The Bertz CT molecular complexity index is 1310. The van der Waals surface area contributed by atoms with Crippen LogP contribution in [0.5, 0.6) is 0 Å². The molecule has 0 spiro atoms. The average molecular weight is 500 g/mol. The van der Waals surface area contributed by atoms with Gasteiger partial charge in [-0.15, -0.1) is 0 Å². The average Bonchev–Trinajstić information content (AvgIpc) is 3.32. The van der Waals surface area contributed by atoms with Gasteiger partial charge in [0.05, 0.1) is 0 Å². The van der Waals surface area contributed by atoms with Crippen LogP contribution in [0.2, 0.25) is 0 Å². The highest BCUT2D eigenvalue weighted by atomic mass is 32.2. The fourth-order valence-electron chi connectivity index (χ4n) is 4.71. The van der Waals surface area contributed by atoms with Crippen molar-refractivity contribution in [1.82, 2.24) is 14.3 Å². The van der Waals surface area contributed by atoms with E-state index in [9.17, 15) is 10.1 Å². The molecule has 36 heavy (non-hydrogen) atoms. The van der Waals surface area contributed by atoms with Crippen molar-refractivity contribution in [3.8, 4) is 6.07 Å². The van der Waals surface area contributed by atoms with Crippen molar-refractivity contribution >= 4 is 29.5 Å². The molecule has 9 heteroatoms. The number of aryl methyl sites for hydroxylation is 1. The van der Waals surface area contributed by atoms with E-state index in [1.54, 1.807) is 18.0 Å². The normalized spacial score (nSPS) is 15.6. The summed E-state index contributed by atoms with van der Waals surface area (Å²) in [4.78, 5) is 27.3. The number of fused-ring (bicyclic) bond motifs is 1. The van der Waals surface area contributed by atoms with Gasteiger partial charge in [-0.3, -0.25) is 4.79 Å². The molecule has 8 nitrogen and oxygen atoms in total. The van der Waals surface area contributed by atoms with Crippen LogP contribution in [0.4, 0.5) is 11.6 Å². The number of benzene rings is 2. The zero-order chi connectivity index (χ0) is 25.1. The lowest BCUT2D eigenvalue weighted by Crippen LogP contribution is -2.44. The van der Waals surface area contributed by atoms with Gasteiger partial charge in [0, 0.05) is 54.6 Å². The molecule has 184 valence electrons. The quantitative estimate of drug-likeness (QED) is 0.516. The first-order valence-electron chi connectivity index (χ1n) is 12.2. The van der Waals surface area contributed by atoms with Gasteiger partial charge in [0.15, 0.2) is 0 Å². The second-order valence-electron chi connectivity index (χ2n) is 9.05. The second-order valence-corrected chi connectivity index (χ2v) is 10.2. The molecule has 0 saturated carbocycles. The second kappa shape index (κ2) is 10.7. The maximum atomic E-state index is 13.2. The number of hydrogen-bond donors (Lipinski definition) is 1. The minimum absolute atomic E-state index is 0.0436. The van der Waals surface area contributed by atoms with Gasteiger partial charge in [-0.05, 0) is 85.8 Å². The molecule has 2 N–H and O–H groups in total. The van der Waals surface area contributed by atoms with Crippen molar-refractivity contribution in [2.24, 2.45) is 5.73 Å². The maximum absolute atomic E-state index is 13.2. The summed E-state index contributed by atoms with van der Waals surface area (Å²) in [6.07, 6.45) is 1.63. The first-order valence-corrected chi connectivity index (χ1v) is 13.0. The van der Waals surface area contributed by atoms with Crippen molar-refractivity contribution in [2.45, 2.75) is 24.7 Å². The summed E-state index contributed by atoms with van der Waals surface area (Å²) < 4.78 is 2.35. The number of aromatic nitrogens is 2. The number of nitriles is 1. The summed E-state index contributed by atoms with van der Waals surface area (Å²) in [6, 6.07) is 18.0. The lowest BCUT2D eigenvalue weighted by Gasteiger charge is -2.34. The Morgan fingerprint density at radius 1 is 1.08 bits per heavy atom. The molecule has 0 atom stereocenters. The topological polar surface area (TPSA) is 102 Å². The van der Waals surface area contributed by atoms with Crippen LogP contribution in [-0.2, 0) is 12.8 Å². The number of amides is 1. The Morgan fingerprint density at radius 2 is 1.92 bits per heavy atom. The van der Waals surface area contributed by atoms with Crippen LogP contribution in [0.3, 0.4) is 0 Å². The van der Waals surface area contributed by atoms with E-state index in [1.807, 2.05) is 36.1 Å². The van der Waals surface area contributed by atoms with E-state index in [2.05, 4.69) is 43.4 Å². The SMILES string of the molecule is Cc1cc(C#N)nc(N2CCN(Sc3ccc4c(c3)CCN4C(=O)c3cccc(CCN)c3)CC2)n1. The number of nitrogens with zero attached hydrogens (tertiary/aromatic N) is 6. The van der Waals surface area contributed by atoms with Gasteiger partial charge >= 0.3 is 0 Å². The highest BCUT2D eigenvalue weighted by Gasteiger charge is 2.27. The van der Waals surface area contributed by atoms with Crippen LogP contribution in [0.1, 0.15) is 32.9 Å². The summed E-state index contributed by atoms with van der Waals surface area (Å²) in [5.74, 6) is 0.675. The zero-order valence-corrected chi connectivity index (χ0v) is 21.2. The molecule has 3 heterocycles. The number of hydrogen-bond acceptors (Lipinski definition) is 8. The molecule has 1 saturated heterocycles. The van der Waals surface area contributed by atoms with E-state index in [1.165, 1.54) is 10.5 Å². The Labute approximate surface area is 215 Å². The molecular formula is C27H29N7OS. The molecule has 2 aliphatic heterocycles. The van der Waals surface area contributed by atoms with E-state index < -0.39 is 0 Å². The third-order valence-corrected chi connectivity index (χ3v) is 7.60. The molecule has 1 fully saturated rings. The predicted molar refractivity (Wildman–Crippen MR) is 142 cm³/mol. The van der Waals surface area contributed by atoms with Gasteiger partial charge in [0.1, 0.15) is 11.8 Å². The molecule has 1 amide bonds. The van der Waals surface area contributed by atoms with Crippen LogP contribution in [0, 0.1) is 18.3 Å². The fraction of sp³-hybridized carbons (Fsp3) is 0.333. The van der Waals surface area contributed by atoms with E-state index in [4.69, 9.17) is 5.73 Å². The van der Waals surface area contributed by atoms with Crippen LogP contribution in [-0.4, -0.2) is 59.4 Å². The summed E-state index contributed by atoms with van der Waals surface area (Å²) in [7, 11) is 0.